The second-order valence-electron chi connectivity index (χ2n) is 5.18. The normalized spacial score (nSPS) is 12.2. The van der Waals surface area contributed by atoms with Gasteiger partial charge in [0.05, 0.1) is 18.5 Å². The molecule has 0 saturated carbocycles. The van der Waals surface area contributed by atoms with Gasteiger partial charge in [0, 0.05) is 18.5 Å². The Morgan fingerprint density at radius 3 is 2.81 bits per heavy atom. The van der Waals surface area contributed by atoms with Crippen molar-refractivity contribution < 1.29 is 9.53 Å². The minimum absolute atomic E-state index is 0.204. The first-order chi connectivity index (χ1) is 10.1. The van der Waals surface area contributed by atoms with Crippen LogP contribution in [0.2, 0.25) is 0 Å². The van der Waals surface area contributed by atoms with Gasteiger partial charge >= 0.3 is 5.97 Å². The van der Waals surface area contributed by atoms with E-state index in [-0.39, 0.29) is 11.9 Å². The number of carbonyl (C=O) groups excluding carboxylic acids is 1. The van der Waals surface area contributed by atoms with E-state index >= 15 is 0 Å². The Bertz CT molecular complexity index is 642. The molecule has 1 aromatic carbocycles. The SMILES string of the molecule is CCN(CC(C)C(=O)OC)c1ncnc2ccc(C)cc12. The summed E-state index contributed by atoms with van der Waals surface area (Å²) in [5.41, 5.74) is 2.07. The summed E-state index contributed by atoms with van der Waals surface area (Å²) in [6.07, 6.45) is 1.57. The van der Waals surface area contributed by atoms with E-state index in [1.165, 1.54) is 7.11 Å². The molecule has 0 saturated heterocycles. The Labute approximate surface area is 125 Å². The third-order valence-electron chi connectivity index (χ3n) is 3.55. The van der Waals surface area contributed by atoms with E-state index in [1.807, 2.05) is 32.9 Å². The number of anilines is 1. The van der Waals surface area contributed by atoms with E-state index in [2.05, 4.69) is 20.9 Å². The molecule has 0 bridgehead atoms. The summed E-state index contributed by atoms with van der Waals surface area (Å²) in [6.45, 7) is 7.30. The maximum absolute atomic E-state index is 11.6. The lowest BCUT2D eigenvalue weighted by Gasteiger charge is -2.25. The quantitative estimate of drug-likeness (QED) is 0.791. The smallest absolute Gasteiger partial charge is 0.310 e. The number of rotatable bonds is 5. The maximum Gasteiger partial charge on any atom is 0.310 e. The lowest BCUT2D eigenvalue weighted by atomic mass is 10.1. The fourth-order valence-electron chi connectivity index (χ4n) is 2.38. The Morgan fingerprint density at radius 2 is 2.14 bits per heavy atom. The van der Waals surface area contributed by atoms with Crippen LogP contribution in [-0.2, 0) is 9.53 Å². The van der Waals surface area contributed by atoms with Crippen molar-refractivity contribution in [2.24, 2.45) is 5.92 Å². The molecular formula is C16H21N3O2. The van der Waals surface area contributed by atoms with Crippen molar-refractivity contribution in [1.29, 1.82) is 0 Å². The minimum atomic E-state index is -0.206. The second-order valence-corrected chi connectivity index (χ2v) is 5.18. The Balaban J connectivity index is 2.38. The van der Waals surface area contributed by atoms with Crippen LogP contribution in [0.25, 0.3) is 10.9 Å². The van der Waals surface area contributed by atoms with Crippen molar-refractivity contribution in [3.05, 3.63) is 30.1 Å². The molecule has 0 spiro atoms. The fraction of sp³-hybridized carbons (Fsp3) is 0.438. The predicted molar refractivity (Wildman–Crippen MR) is 83.3 cm³/mol. The average Bonchev–Trinajstić information content (AvgIpc) is 2.51. The van der Waals surface area contributed by atoms with E-state index < -0.39 is 0 Å². The number of aryl methyl sites for hydroxylation is 1. The van der Waals surface area contributed by atoms with Gasteiger partial charge in [0.15, 0.2) is 0 Å². The van der Waals surface area contributed by atoms with Crippen LogP contribution in [0, 0.1) is 12.8 Å². The van der Waals surface area contributed by atoms with Gasteiger partial charge in [-0.05, 0) is 26.0 Å². The van der Waals surface area contributed by atoms with Crippen molar-refractivity contribution in [2.45, 2.75) is 20.8 Å². The molecule has 21 heavy (non-hydrogen) atoms. The third kappa shape index (κ3) is 3.29. The van der Waals surface area contributed by atoms with Gasteiger partial charge in [-0.3, -0.25) is 4.79 Å². The topological polar surface area (TPSA) is 55.3 Å². The second kappa shape index (κ2) is 6.52. The number of hydrogen-bond donors (Lipinski definition) is 0. The number of benzene rings is 1. The van der Waals surface area contributed by atoms with E-state index in [1.54, 1.807) is 6.33 Å². The highest BCUT2D eigenvalue weighted by atomic mass is 16.5. The van der Waals surface area contributed by atoms with Gasteiger partial charge in [0.2, 0.25) is 0 Å². The third-order valence-corrected chi connectivity index (χ3v) is 3.55. The van der Waals surface area contributed by atoms with Gasteiger partial charge in [-0.1, -0.05) is 18.6 Å². The van der Waals surface area contributed by atoms with E-state index in [0.717, 1.165) is 28.8 Å². The molecule has 0 aliphatic carbocycles. The Kier molecular flexibility index (Phi) is 4.73. The molecule has 1 aromatic heterocycles. The fourth-order valence-corrected chi connectivity index (χ4v) is 2.38. The first-order valence-corrected chi connectivity index (χ1v) is 7.11. The first kappa shape index (κ1) is 15.2. The van der Waals surface area contributed by atoms with E-state index in [0.29, 0.717) is 6.54 Å². The molecule has 112 valence electrons. The van der Waals surface area contributed by atoms with Crippen molar-refractivity contribution in [3.63, 3.8) is 0 Å². The molecule has 1 heterocycles. The Hall–Kier alpha value is -2.17. The molecule has 5 heteroatoms. The van der Waals surface area contributed by atoms with Gasteiger partial charge in [-0.25, -0.2) is 9.97 Å². The van der Waals surface area contributed by atoms with Crippen molar-refractivity contribution in [2.75, 3.05) is 25.1 Å². The summed E-state index contributed by atoms with van der Waals surface area (Å²) in [7, 11) is 1.42. The highest BCUT2D eigenvalue weighted by molar-refractivity contribution is 5.90. The largest absolute Gasteiger partial charge is 0.469 e. The summed E-state index contributed by atoms with van der Waals surface area (Å²) >= 11 is 0. The number of carbonyl (C=O) groups is 1. The molecule has 1 atom stereocenters. The molecule has 5 nitrogen and oxygen atoms in total. The van der Waals surface area contributed by atoms with Crippen LogP contribution in [-0.4, -0.2) is 36.1 Å². The molecule has 0 radical (unpaired) electrons. The molecule has 0 aliphatic rings. The van der Waals surface area contributed by atoms with Gasteiger partial charge in [0.25, 0.3) is 0 Å². The van der Waals surface area contributed by atoms with Crippen molar-refractivity contribution in [3.8, 4) is 0 Å². The standard InChI is InChI=1S/C16H21N3O2/c1-5-19(9-12(3)16(20)21-4)15-13-8-11(2)6-7-14(13)17-10-18-15/h6-8,10,12H,5,9H2,1-4H3. The van der Waals surface area contributed by atoms with Gasteiger partial charge in [0.1, 0.15) is 12.1 Å². The molecule has 0 N–H and O–H groups in total. The van der Waals surface area contributed by atoms with Crippen LogP contribution in [0.15, 0.2) is 24.5 Å². The van der Waals surface area contributed by atoms with Crippen molar-refractivity contribution >= 4 is 22.7 Å². The monoisotopic (exact) mass is 287 g/mol. The van der Waals surface area contributed by atoms with Gasteiger partial charge < -0.3 is 9.64 Å². The number of esters is 1. The van der Waals surface area contributed by atoms with Crippen molar-refractivity contribution in [1.82, 2.24) is 9.97 Å². The lowest BCUT2D eigenvalue weighted by Crippen LogP contribution is -2.33. The van der Waals surface area contributed by atoms with Gasteiger partial charge in [-0.15, -0.1) is 0 Å². The van der Waals surface area contributed by atoms with Crippen LogP contribution in [0.4, 0.5) is 5.82 Å². The highest BCUT2D eigenvalue weighted by Gasteiger charge is 2.19. The molecule has 2 aromatic rings. The number of ether oxygens (including phenoxy) is 1. The summed E-state index contributed by atoms with van der Waals surface area (Å²) < 4.78 is 4.80. The zero-order valence-electron chi connectivity index (χ0n) is 13.0. The highest BCUT2D eigenvalue weighted by Crippen LogP contribution is 2.24. The first-order valence-electron chi connectivity index (χ1n) is 7.11. The van der Waals surface area contributed by atoms with E-state index in [9.17, 15) is 4.79 Å². The maximum atomic E-state index is 11.6. The lowest BCUT2D eigenvalue weighted by molar-refractivity contribution is -0.144. The number of fused-ring (bicyclic) bond motifs is 1. The van der Waals surface area contributed by atoms with Crippen LogP contribution < -0.4 is 4.90 Å². The molecule has 1 unspecified atom stereocenters. The number of methoxy groups -OCH3 is 1. The van der Waals surface area contributed by atoms with Crippen LogP contribution >= 0.6 is 0 Å². The summed E-state index contributed by atoms with van der Waals surface area (Å²) in [6, 6.07) is 6.11. The number of aromatic nitrogens is 2. The molecule has 0 aliphatic heterocycles. The zero-order valence-corrected chi connectivity index (χ0v) is 13.0. The molecule has 2 rings (SSSR count). The number of hydrogen-bond acceptors (Lipinski definition) is 5. The summed E-state index contributed by atoms with van der Waals surface area (Å²) in [4.78, 5) is 22.4. The Morgan fingerprint density at radius 1 is 1.38 bits per heavy atom. The molecule has 0 fully saturated rings. The molecule has 0 amide bonds. The molecular weight excluding hydrogens is 266 g/mol. The van der Waals surface area contributed by atoms with E-state index in [4.69, 9.17) is 4.74 Å². The average molecular weight is 287 g/mol. The minimum Gasteiger partial charge on any atom is -0.469 e. The van der Waals surface area contributed by atoms with Crippen LogP contribution in [0.3, 0.4) is 0 Å². The zero-order chi connectivity index (χ0) is 15.4. The predicted octanol–water partition coefficient (Wildman–Crippen LogP) is 2.57. The number of nitrogens with zero attached hydrogens (tertiary/aromatic N) is 3. The summed E-state index contributed by atoms with van der Waals surface area (Å²) in [5.74, 6) is 0.453. The summed E-state index contributed by atoms with van der Waals surface area (Å²) in [5, 5.41) is 1.01. The van der Waals surface area contributed by atoms with Crippen LogP contribution in [0.1, 0.15) is 19.4 Å². The van der Waals surface area contributed by atoms with Crippen LogP contribution in [0.5, 0.6) is 0 Å². The van der Waals surface area contributed by atoms with Gasteiger partial charge in [-0.2, -0.15) is 0 Å².